The maximum absolute atomic E-state index is 6.24. The van der Waals surface area contributed by atoms with Crippen LogP contribution in [-0.2, 0) is 0 Å². The fourth-order valence-electron chi connectivity index (χ4n) is 6.09. The zero-order valence-electron chi connectivity index (χ0n) is 24.0. The van der Waals surface area contributed by atoms with E-state index >= 15 is 0 Å². The van der Waals surface area contributed by atoms with Crippen LogP contribution in [0.5, 0.6) is 23.0 Å². The van der Waals surface area contributed by atoms with Crippen molar-refractivity contribution in [2.75, 3.05) is 9.80 Å². The predicted octanol–water partition coefficient (Wildman–Crippen LogP) is 10.1. The van der Waals surface area contributed by atoms with Gasteiger partial charge < -0.3 is 19.3 Å². The highest BCUT2D eigenvalue weighted by Crippen LogP contribution is 2.52. The first kappa shape index (κ1) is 25.2. The van der Waals surface area contributed by atoms with Gasteiger partial charge in [0, 0.05) is 11.3 Å². The predicted molar refractivity (Wildman–Crippen MR) is 176 cm³/mol. The molecule has 3 heterocycles. The van der Waals surface area contributed by atoms with Crippen molar-refractivity contribution >= 4 is 34.1 Å². The smallest absolute Gasteiger partial charge is 0.151 e. The lowest BCUT2D eigenvalue weighted by atomic mass is 10.1. The molecule has 2 aliphatic heterocycles. The van der Waals surface area contributed by atoms with Crippen LogP contribution in [0.25, 0.3) is 16.9 Å². The molecule has 0 saturated heterocycles. The molecule has 0 N–H and O–H groups in total. The Morgan fingerprint density at radius 2 is 0.822 bits per heavy atom. The summed E-state index contributed by atoms with van der Waals surface area (Å²) < 4.78 is 14.3. The van der Waals surface area contributed by atoms with Crippen molar-refractivity contribution in [3.8, 4) is 39.9 Å². The van der Waals surface area contributed by atoms with E-state index in [9.17, 15) is 0 Å². The molecule has 0 atom stereocenters. The fourth-order valence-corrected chi connectivity index (χ4v) is 6.09. The van der Waals surface area contributed by atoms with Gasteiger partial charge in [0.1, 0.15) is 5.69 Å². The van der Waals surface area contributed by atoms with E-state index in [-0.39, 0.29) is 0 Å². The first-order chi connectivity index (χ1) is 22.3. The van der Waals surface area contributed by atoms with Crippen LogP contribution in [0.3, 0.4) is 0 Å². The number of hydrogen-bond acceptors (Lipinski definition) is 6. The maximum atomic E-state index is 6.24. The second-order valence-corrected chi connectivity index (χ2v) is 10.8. The molecule has 2 aliphatic rings. The summed E-state index contributed by atoms with van der Waals surface area (Å²) in [7, 11) is 0. The summed E-state index contributed by atoms with van der Waals surface area (Å²) in [6.45, 7) is 0. The molecule has 7 heteroatoms. The molecule has 7 nitrogen and oxygen atoms in total. The van der Waals surface area contributed by atoms with Gasteiger partial charge in [-0.3, -0.25) is 0 Å². The number of anilines is 6. The van der Waals surface area contributed by atoms with Crippen molar-refractivity contribution in [3.63, 3.8) is 0 Å². The molecule has 6 aromatic carbocycles. The number of nitrogens with zero attached hydrogens (tertiary/aromatic N) is 5. The number of hydrogen-bond donors (Lipinski definition) is 0. The Morgan fingerprint density at radius 1 is 0.400 bits per heavy atom. The van der Waals surface area contributed by atoms with E-state index in [1.165, 1.54) is 0 Å². The molecule has 0 spiro atoms. The lowest BCUT2D eigenvalue weighted by molar-refractivity contribution is 0.476. The molecule has 0 fully saturated rings. The normalized spacial score (nSPS) is 12.7. The van der Waals surface area contributed by atoms with Gasteiger partial charge in [0.2, 0.25) is 0 Å². The minimum atomic E-state index is 0.780. The van der Waals surface area contributed by atoms with Gasteiger partial charge in [-0.05, 0) is 72.8 Å². The van der Waals surface area contributed by atoms with Crippen LogP contribution in [0.1, 0.15) is 0 Å². The van der Waals surface area contributed by atoms with Crippen molar-refractivity contribution in [2.24, 2.45) is 0 Å². The van der Waals surface area contributed by atoms with Crippen molar-refractivity contribution in [1.29, 1.82) is 0 Å². The first-order valence-corrected chi connectivity index (χ1v) is 14.8. The average molecular weight is 584 g/mol. The van der Waals surface area contributed by atoms with E-state index in [1.54, 1.807) is 0 Å². The minimum Gasteiger partial charge on any atom is -0.453 e. The van der Waals surface area contributed by atoms with E-state index in [0.29, 0.717) is 0 Å². The van der Waals surface area contributed by atoms with E-state index in [2.05, 4.69) is 80.8 Å². The molecule has 0 amide bonds. The van der Waals surface area contributed by atoms with Crippen LogP contribution in [0.2, 0.25) is 0 Å². The van der Waals surface area contributed by atoms with Gasteiger partial charge >= 0.3 is 0 Å². The third-order valence-corrected chi connectivity index (χ3v) is 8.15. The van der Waals surface area contributed by atoms with Gasteiger partial charge in [0.05, 0.1) is 40.3 Å². The Kier molecular flexibility index (Phi) is 5.67. The number of aromatic nitrogens is 3. The number of para-hydroxylation sites is 10. The highest BCUT2D eigenvalue weighted by Gasteiger charge is 2.28. The molecule has 1 aromatic heterocycles. The monoisotopic (exact) mass is 583 g/mol. The van der Waals surface area contributed by atoms with Crippen LogP contribution in [0.15, 0.2) is 152 Å². The highest BCUT2D eigenvalue weighted by molar-refractivity contribution is 5.89. The zero-order chi connectivity index (χ0) is 29.7. The topological polar surface area (TPSA) is 55.7 Å². The fraction of sp³-hybridized carbons (Fsp3) is 0. The van der Waals surface area contributed by atoms with Crippen LogP contribution in [0.4, 0.5) is 34.1 Å². The molecule has 214 valence electrons. The zero-order valence-corrected chi connectivity index (χ0v) is 24.0. The lowest BCUT2D eigenvalue weighted by Gasteiger charge is -2.33. The molecule has 0 radical (unpaired) electrons. The Bertz CT molecular complexity index is 2120. The summed E-state index contributed by atoms with van der Waals surface area (Å²) in [5.41, 5.74) is 8.58. The summed E-state index contributed by atoms with van der Waals surface area (Å²) in [6, 6.07) is 49.0. The Labute approximate surface area is 259 Å². The van der Waals surface area contributed by atoms with Crippen molar-refractivity contribution in [2.45, 2.75) is 0 Å². The maximum Gasteiger partial charge on any atom is 0.151 e. The standard InChI is InChI=1S/C38H25N5O2/c1-2-12-30(43-33-15-5-9-19-37(33)45-38-20-10-6-16-34(38)43)29(11-1)41-25-28(39-40-41)26-21-23-27(24-22-26)42-31-13-3-7-17-35(31)44-36-18-8-4-14-32(36)42/h1-25H. The van der Waals surface area contributed by atoms with Crippen molar-refractivity contribution in [3.05, 3.63) is 152 Å². The quantitative estimate of drug-likeness (QED) is 0.205. The Morgan fingerprint density at radius 3 is 1.33 bits per heavy atom. The molecule has 0 aliphatic carbocycles. The molecule has 45 heavy (non-hydrogen) atoms. The number of fused-ring (bicyclic) bond motifs is 4. The summed E-state index contributed by atoms with van der Waals surface area (Å²) in [4.78, 5) is 4.45. The van der Waals surface area contributed by atoms with Crippen LogP contribution >= 0.6 is 0 Å². The molecule has 0 unspecified atom stereocenters. The van der Waals surface area contributed by atoms with E-state index in [0.717, 1.165) is 74.1 Å². The third-order valence-electron chi connectivity index (χ3n) is 8.15. The van der Waals surface area contributed by atoms with E-state index in [1.807, 2.05) is 95.8 Å². The van der Waals surface area contributed by atoms with Crippen molar-refractivity contribution < 1.29 is 9.47 Å². The Balaban J connectivity index is 1.08. The van der Waals surface area contributed by atoms with Gasteiger partial charge in [-0.1, -0.05) is 78.0 Å². The average Bonchev–Trinajstić information content (AvgIpc) is 3.60. The van der Waals surface area contributed by atoms with Crippen LogP contribution in [0, 0.1) is 0 Å². The minimum absolute atomic E-state index is 0.780. The van der Waals surface area contributed by atoms with Gasteiger partial charge in [-0.15, -0.1) is 5.10 Å². The molecule has 0 saturated carbocycles. The van der Waals surface area contributed by atoms with Crippen LogP contribution < -0.4 is 19.3 Å². The van der Waals surface area contributed by atoms with E-state index in [4.69, 9.17) is 9.47 Å². The van der Waals surface area contributed by atoms with E-state index < -0.39 is 0 Å². The number of benzene rings is 6. The highest BCUT2D eigenvalue weighted by atomic mass is 16.5. The second kappa shape index (κ2) is 10.1. The van der Waals surface area contributed by atoms with Crippen LogP contribution in [-0.4, -0.2) is 15.0 Å². The van der Waals surface area contributed by atoms with Crippen molar-refractivity contribution in [1.82, 2.24) is 15.0 Å². The first-order valence-electron chi connectivity index (χ1n) is 14.8. The second-order valence-electron chi connectivity index (χ2n) is 10.8. The van der Waals surface area contributed by atoms with Gasteiger partial charge in [-0.2, -0.15) is 0 Å². The summed E-state index contributed by atoms with van der Waals surface area (Å²) >= 11 is 0. The van der Waals surface area contributed by atoms with Gasteiger partial charge in [0.15, 0.2) is 23.0 Å². The largest absolute Gasteiger partial charge is 0.453 e. The van der Waals surface area contributed by atoms with Gasteiger partial charge in [0.25, 0.3) is 0 Å². The lowest BCUT2D eigenvalue weighted by Crippen LogP contribution is -2.17. The SMILES string of the molecule is c1ccc2c(c1)Oc1ccccc1N2c1ccc(-c2cn(-c3ccccc3N3c4ccccc4Oc4ccccc43)nn2)cc1. The summed E-state index contributed by atoms with van der Waals surface area (Å²) in [6.07, 6.45) is 1.98. The molecule has 0 bridgehead atoms. The molecule has 9 rings (SSSR count). The van der Waals surface area contributed by atoms with Gasteiger partial charge in [-0.25, -0.2) is 4.68 Å². The molecular weight excluding hydrogens is 558 g/mol. The number of rotatable bonds is 4. The number of ether oxygens (including phenoxy) is 2. The third kappa shape index (κ3) is 4.13. The summed E-state index contributed by atoms with van der Waals surface area (Å²) in [5.74, 6) is 3.26. The molecular formula is C38H25N5O2. The summed E-state index contributed by atoms with van der Waals surface area (Å²) in [5, 5.41) is 9.17. The Hall–Kier alpha value is -6.34. The molecule has 7 aromatic rings.